The highest BCUT2D eigenvalue weighted by Gasteiger charge is 2.19. The maximum atomic E-state index is 2.39. The predicted molar refractivity (Wildman–Crippen MR) is 194 cm³/mol. The average Bonchev–Trinajstić information content (AvgIpc) is 3.00. The maximum Gasteiger partial charge on any atom is 0.0493 e. The summed E-state index contributed by atoms with van der Waals surface area (Å²) in [7, 11) is 0. The van der Waals surface area contributed by atoms with Crippen molar-refractivity contribution < 1.29 is 0 Å². The summed E-state index contributed by atoms with van der Waals surface area (Å²) in [6.45, 7) is 15.3. The number of aryl methyl sites for hydroxylation is 6. The first kappa shape index (κ1) is 30.0. The van der Waals surface area contributed by atoms with Gasteiger partial charge in [0.1, 0.15) is 0 Å². The second-order valence-corrected chi connectivity index (χ2v) is 12.4. The highest BCUT2D eigenvalue weighted by molar-refractivity contribution is 5.84. The van der Waals surface area contributed by atoms with E-state index in [2.05, 4.69) is 186 Å². The lowest BCUT2D eigenvalue weighted by Crippen LogP contribution is -2.12. The van der Waals surface area contributed by atoms with Gasteiger partial charge in [0.15, 0.2) is 0 Å². The van der Waals surface area contributed by atoms with Gasteiger partial charge in [0.25, 0.3) is 0 Å². The molecule has 0 aliphatic carbocycles. The van der Waals surface area contributed by atoms with Crippen molar-refractivity contribution >= 4 is 34.1 Å². The van der Waals surface area contributed by atoms with Gasteiger partial charge in [-0.1, -0.05) is 60.7 Å². The van der Waals surface area contributed by atoms with E-state index in [1.165, 1.54) is 61.4 Å². The Kier molecular flexibility index (Phi) is 8.32. The molecule has 0 atom stereocenters. The number of anilines is 6. The molecule has 0 amide bonds. The number of nitrogens with zero attached hydrogens (tertiary/aromatic N) is 2. The Morgan fingerprint density at radius 2 is 0.733 bits per heavy atom. The van der Waals surface area contributed by atoms with Gasteiger partial charge in [-0.2, -0.15) is 0 Å². The average molecular weight is 587 g/mol. The zero-order valence-corrected chi connectivity index (χ0v) is 27.5. The Bertz CT molecular complexity index is 1960. The van der Waals surface area contributed by atoms with E-state index in [1.807, 2.05) is 0 Å². The van der Waals surface area contributed by atoms with Crippen molar-refractivity contribution in [3.8, 4) is 11.1 Å². The van der Waals surface area contributed by atoms with Gasteiger partial charge in [0.05, 0.1) is 0 Å². The molecule has 0 saturated heterocycles. The maximum absolute atomic E-state index is 2.39. The van der Waals surface area contributed by atoms with Gasteiger partial charge in [0.2, 0.25) is 0 Å². The lowest BCUT2D eigenvalue weighted by atomic mass is 9.95. The van der Waals surface area contributed by atoms with Crippen LogP contribution in [0.4, 0.5) is 34.1 Å². The third-order valence-corrected chi connectivity index (χ3v) is 8.82. The summed E-state index contributed by atoms with van der Waals surface area (Å²) in [5, 5.41) is 0. The SMILES string of the molecule is Cc1cccc(N(c2cccc(C)c2)c2ccc(-c3ccc(N(c4cccc(C)c4)c4cccc(C)c4C)cc3C)c(C)c2)c1. The number of hydrogen-bond donors (Lipinski definition) is 0. The van der Waals surface area contributed by atoms with E-state index in [9.17, 15) is 0 Å². The smallest absolute Gasteiger partial charge is 0.0493 e. The molecule has 0 bridgehead atoms. The van der Waals surface area contributed by atoms with E-state index < -0.39 is 0 Å². The Morgan fingerprint density at radius 3 is 1.18 bits per heavy atom. The largest absolute Gasteiger partial charge is 0.310 e. The zero-order chi connectivity index (χ0) is 31.7. The summed E-state index contributed by atoms with van der Waals surface area (Å²) in [5.41, 5.74) is 18.4. The van der Waals surface area contributed by atoms with Crippen LogP contribution in [0.2, 0.25) is 0 Å². The molecule has 6 aromatic rings. The second-order valence-electron chi connectivity index (χ2n) is 12.4. The zero-order valence-electron chi connectivity index (χ0n) is 27.5. The molecule has 6 rings (SSSR count). The first-order valence-electron chi connectivity index (χ1n) is 15.8. The van der Waals surface area contributed by atoms with E-state index in [-0.39, 0.29) is 0 Å². The van der Waals surface area contributed by atoms with Crippen LogP contribution in [-0.2, 0) is 0 Å². The van der Waals surface area contributed by atoms with E-state index in [1.54, 1.807) is 0 Å². The fourth-order valence-electron chi connectivity index (χ4n) is 6.33. The third-order valence-electron chi connectivity index (χ3n) is 8.82. The van der Waals surface area contributed by atoms with Crippen molar-refractivity contribution in [1.29, 1.82) is 0 Å². The molecule has 2 nitrogen and oxygen atoms in total. The molecule has 0 aromatic heterocycles. The van der Waals surface area contributed by atoms with Crippen LogP contribution in [0.25, 0.3) is 11.1 Å². The molecule has 0 unspecified atom stereocenters. The summed E-state index contributed by atoms with van der Waals surface area (Å²) >= 11 is 0. The molecule has 0 aliphatic rings. The van der Waals surface area contributed by atoms with Crippen LogP contribution in [-0.4, -0.2) is 0 Å². The van der Waals surface area contributed by atoms with Crippen LogP contribution in [0.15, 0.2) is 127 Å². The lowest BCUT2D eigenvalue weighted by molar-refractivity contribution is 1.21. The topological polar surface area (TPSA) is 6.48 Å². The van der Waals surface area contributed by atoms with Crippen LogP contribution >= 0.6 is 0 Å². The summed E-state index contributed by atoms with van der Waals surface area (Å²) in [4.78, 5) is 4.75. The molecule has 0 aliphatic heterocycles. The van der Waals surface area contributed by atoms with Crippen molar-refractivity contribution in [3.63, 3.8) is 0 Å². The van der Waals surface area contributed by atoms with Crippen molar-refractivity contribution in [3.05, 3.63) is 166 Å². The van der Waals surface area contributed by atoms with Crippen molar-refractivity contribution in [2.75, 3.05) is 9.80 Å². The molecular formula is C43H42N2. The first-order valence-corrected chi connectivity index (χ1v) is 15.8. The van der Waals surface area contributed by atoms with Crippen LogP contribution in [0.3, 0.4) is 0 Å². The van der Waals surface area contributed by atoms with Gasteiger partial charge >= 0.3 is 0 Å². The quantitative estimate of drug-likeness (QED) is 0.184. The monoisotopic (exact) mass is 586 g/mol. The number of benzene rings is 6. The summed E-state index contributed by atoms with van der Waals surface area (Å²) in [6.07, 6.45) is 0. The van der Waals surface area contributed by atoms with E-state index in [0.29, 0.717) is 0 Å². The molecule has 0 radical (unpaired) electrons. The van der Waals surface area contributed by atoms with Gasteiger partial charge in [-0.15, -0.1) is 0 Å². The standard InChI is InChI=1S/C43H42N2/c1-29-12-8-16-36(24-29)44(37-17-9-13-30(2)25-37)39-20-22-41(33(5)27-39)42-23-21-40(28-34(42)6)45(38-18-10-14-31(3)26-38)43-19-11-15-32(4)35(43)7/h8-28H,1-7H3. The Balaban J connectivity index is 1.42. The highest BCUT2D eigenvalue weighted by Crippen LogP contribution is 2.41. The van der Waals surface area contributed by atoms with Crippen LogP contribution in [0.5, 0.6) is 0 Å². The van der Waals surface area contributed by atoms with E-state index in [0.717, 1.165) is 22.7 Å². The minimum absolute atomic E-state index is 1.15. The lowest BCUT2D eigenvalue weighted by Gasteiger charge is -2.29. The Morgan fingerprint density at radius 1 is 0.333 bits per heavy atom. The first-order chi connectivity index (χ1) is 21.7. The van der Waals surface area contributed by atoms with E-state index >= 15 is 0 Å². The third kappa shape index (κ3) is 6.14. The van der Waals surface area contributed by atoms with Gasteiger partial charge in [-0.05, 0) is 165 Å². The van der Waals surface area contributed by atoms with Crippen molar-refractivity contribution in [1.82, 2.24) is 0 Å². The van der Waals surface area contributed by atoms with Crippen molar-refractivity contribution in [2.24, 2.45) is 0 Å². The second kappa shape index (κ2) is 12.5. The van der Waals surface area contributed by atoms with Crippen LogP contribution < -0.4 is 9.80 Å². The van der Waals surface area contributed by atoms with Gasteiger partial charge < -0.3 is 9.80 Å². The number of hydrogen-bond acceptors (Lipinski definition) is 2. The molecule has 224 valence electrons. The summed E-state index contributed by atoms with van der Waals surface area (Å²) in [5.74, 6) is 0. The van der Waals surface area contributed by atoms with Gasteiger partial charge in [-0.25, -0.2) is 0 Å². The molecule has 0 fully saturated rings. The fraction of sp³-hybridized carbons (Fsp3) is 0.163. The van der Waals surface area contributed by atoms with Gasteiger partial charge in [0, 0.05) is 34.1 Å². The minimum Gasteiger partial charge on any atom is -0.310 e. The minimum atomic E-state index is 1.15. The molecule has 0 saturated carbocycles. The molecule has 2 heteroatoms. The summed E-state index contributed by atoms with van der Waals surface area (Å²) in [6, 6.07) is 46.6. The van der Waals surface area contributed by atoms with Crippen molar-refractivity contribution in [2.45, 2.75) is 48.5 Å². The fourth-order valence-corrected chi connectivity index (χ4v) is 6.33. The molecular weight excluding hydrogens is 544 g/mol. The Hall–Kier alpha value is -5.08. The normalized spacial score (nSPS) is 11.0. The molecule has 0 spiro atoms. The molecule has 45 heavy (non-hydrogen) atoms. The highest BCUT2D eigenvalue weighted by atomic mass is 15.1. The van der Waals surface area contributed by atoms with Crippen LogP contribution in [0, 0.1) is 48.5 Å². The molecule has 0 heterocycles. The van der Waals surface area contributed by atoms with E-state index in [4.69, 9.17) is 0 Å². The Labute approximate surface area is 269 Å². The number of rotatable bonds is 7. The van der Waals surface area contributed by atoms with Crippen LogP contribution in [0.1, 0.15) is 38.9 Å². The predicted octanol–water partition coefficient (Wildman–Crippen LogP) is 12.5. The molecule has 6 aromatic carbocycles. The van der Waals surface area contributed by atoms with Gasteiger partial charge in [-0.3, -0.25) is 0 Å². The molecule has 0 N–H and O–H groups in total. The summed E-state index contributed by atoms with van der Waals surface area (Å²) < 4.78 is 0.